The van der Waals surface area contributed by atoms with Crippen LogP contribution < -0.4 is 0 Å². The number of carbonyl (C=O) groups excluding carboxylic acids is 1. The highest BCUT2D eigenvalue weighted by Gasteiger charge is 2.34. The maximum absolute atomic E-state index is 13.1. The van der Waals surface area contributed by atoms with Crippen LogP contribution in [0.5, 0.6) is 0 Å². The summed E-state index contributed by atoms with van der Waals surface area (Å²) in [4.78, 5) is 19.5. The van der Waals surface area contributed by atoms with Gasteiger partial charge in [-0.15, -0.1) is 0 Å². The Hall–Kier alpha value is -2.66. The lowest BCUT2D eigenvalue weighted by Gasteiger charge is -2.41. The van der Waals surface area contributed by atoms with Crippen molar-refractivity contribution >= 4 is 16.9 Å². The minimum absolute atomic E-state index is 0.0119. The predicted molar refractivity (Wildman–Crippen MR) is 106 cm³/mol. The number of aliphatic hydroxyl groups excluding tert-OH is 1. The van der Waals surface area contributed by atoms with Crippen LogP contribution >= 0.6 is 0 Å². The van der Waals surface area contributed by atoms with E-state index < -0.39 is 0 Å². The van der Waals surface area contributed by atoms with Crippen molar-refractivity contribution in [2.24, 2.45) is 0 Å². The third-order valence-electron chi connectivity index (χ3n) is 5.66. The van der Waals surface area contributed by atoms with Gasteiger partial charge in [0, 0.05) is 30.6 Å². The van der Waals surface area contributed by atoms with Crippen molar-refractivity contribution in [3.8, 4) is 0 Å². The summed E-state index contributed by atoms with van der Waals surface area (Å²) in [7, 11) is 0. The van der Waals surface area contributed by atoms with Gasteiger partial charge in [-0.3, -0.25) is 4.79 Å². The molecule has 1 amide bonds. The SMILES string of the molecule is C[C@]1(c2ccccc2)CCCN(C(=O)c2ccc3c(c2)ncn3CCO)C1. The molecule has 2 heterocycles. The summed E-state index contributed by atoms with van der Waals surface area (Å²) in [6.45, 7) is 4.34. The van der Waals surface area contributed by atoms with Crippen LogP contribution in [0.2, 0.25) is 0 Å². The van der Waals surface area contributed by atoms with Crippen LogP contribution in [0.3, 0.4) is 0 Å². The fourth-order valence-corrected chi connectivity index (χ4v) is 4.15. The maximum atomic E-state index is 13.1. The normalized spacial score (nSPS) is 20.1. The summed E-state index contributed by atoms with van der Waals surface area (Å²) in [5, 5.41) is 9.14. The summed E-state index contributed by atoms with van der Waals surface area (Å²) < 4.78 is 1.90. The van der Waals surface area contributed by atoms with Crippen LogP contribution in [0.25, 0.3) is 11.0 Å². The molecule has 0 unspecified atom stereocenters. The van der Waals surface area contributed by atoms with E-state index in [1.54, 1.807) is 6.33 Å². The number of aromatic nitrogens is 2. The van der Waals surface area contributed by atoms with E-state index in [4.69, 9.17) is 5.11 Å². The van der Waals surface area contributed by atoms with Crippen molar-refractivity contribution in [2.75, 3.05) is 19.7 Å². The molecule has 3 aromatic rings. The third-order valence-corrected chi connectivity index (χ3v) is 5.66. The van der Waals surface area contributed by atoms with Crippen molar-refractivity contribution < 1.29 is 9.90 Å². The van der Waals surface area contributed by atoms with Gasteiger partial charge in [0.1, 0.15) is 0 Å². The molecule has 0 saturated carbocycles. The molecule has 140 valence electrons. The smallest absolute Gasteiger partial charge is 0.253 e. The van der Waals surface area contributed by atoms with E-state index >= 15 is 0 Å². The number of amides is 1. The lowest BCUT2D eigenvalue weighted by Crippen LogP contribution is -2.47. The zero-order valence-corrected chi connectivity index (χ0v) is 15.6. The summed E-state index contributed by atoms with van der Waals surface area (Å²) >= 11 is 0. The molecule has 1 aliphatic rings. The molecule has 1 atom stereocenters. The fourth-order valence-electron chi connectivity index (χ4n) is 4.15. The van der Waals surface area contributed by atoms with Crippen molar-refractivity contribution in [1.29, 1.82) is 0 Å². The second-order valence-corrected chi connectivity index (χ2v) is 7.62. The Morgan fingerprint density at radius 2 is 2.04 bits per heavy atom. The van der Waals surface area contributed by atoms with Crippen LogP contribution in [-0.2, 0) is 12.0 Å². The Morgan fingerprint density at radius 3 is 2.81 bits per heavy atom. The standard InChI is InChI=1S/C22H25N3O2/c1-22(18-6-3-2-4-7-18)10-5-11-24(15-22)21(27)17-8-9-20-19(14-17)23-16-25(20)12-13-26/h2-4,6-9,14,16,26H,5,10-13,15H2,1H3/t22-/m0/s1. The first-order valence-electron chi connectivity index (χ1n) is 9.51. The van der Waals surface area contributed by atoms with Crippen LogP contribution in [0.15, 0.2) is 54.9 Å². The van der Waals surface area contributed by atoms with Crippen LogP contribution in [-0.4, -0.2) is 45.2 Å². The first kappa shape index (κ1) is 17.7. The molecule has 2 aromatic carbocycles. The lowest BCUT2D eigenvalue weighted by molar-refractivity contribution is 0.0651. The lowest BCUT2D eigenvalue weighted by atomic mass is 9.76. The molecule has 1 saturated heterocycles. The van der Waals surface area contributed by atoms with Gasteiger partial charge in [0.25, 0.3) is 5.91 Å². The van der Waals surface area contributed by atoms with Crippen molar-refractivity contribution in [2.45, 2.75) is 31.7 Å². The molecular weight excluding hydrogens is 338 g/mol. The van der Waals surface area contributed by atoms with E-state index in [1.807, 2.05) is 33.7 Å². The Labute approximate surface area is 159 Å². The number of hydrogen-bond donors (Lipinski definition) is 1. The number of aliphatic hydroxyl groups is 1. The molecule has 5 nitrogen and oxygen atoms in total. The number of hydrogen-bond acceptors (Lipinski definition) is 3. The molecule has 4 rings (SSSR count). The molecule has 1 fully saturated rings. The second-order valence-electron chi connectivity index (χ2n) is 7.62. The van der Waals surface area contributed by atoms with Gasteiger partial charge in [-0.2, -0.15) is 0 Å². The molecule has 1 aromatic heterocycles. The number of nitrogens with zero attached hydrogens (tertiary/aromatic N) is 3. The average molecular weight is 363 g/mol. The van der Waals surface area contributed by atoms with Gasteiger partial charge in [-0.1, -0.05) is 37.3 Å². The molecule has 5 heteroatoms. The number of likely N-dealkylation sites (tertiary alicyclic amines) is 1. The van der Waals surface area contributed by atoms with E-state index in [1.165, 1.54) is 5.56 Å². The van der Waals surface area contributed by atoms with E-state index in [9.17, 15) is 4.79 Å². The number of rotatable bonds is 4. The minimum atomic E-state index is -0.0119. The van der Waals surface area contributed by atoms with E-state index in [-0.39, 0.29) is 17.9 Å². The van der Waals surface area contributed by atoms with Gasteiger partial charge in [-0.05, 0) is 36.6 Å². The molecule has 0 bridgehead atoms. The van der Waals surface area contributed by atoms with E-state index in [0.29, 0.717) is 12.1 Å². The zero-order valence-electron chi connectivity index (χ0n) is 15.6. The monoisotopic (exact) mass is 363 g/mol. The van der Waals surface area contributed by atoms with Crippen molar-refractivity contribution in [3.63, 3.8) is 0 Å². The summed E-state index contributed by atoms with van der Waals surface area (Å²) in [6.07, 6.45) is 3.80. The quantitative estimate of drug-likeness (QED) is 0.774. The molecule has 0 radical (unpaired) electrons. The first-order valence-corrected chi connectivity index (χ1v) is 9.51. The minimum Gasteiger partial charge on any atom is -0.395 e. The summed E-state index contributed by atoms with van der Waals surface area (Å²) in [5.74, 6) is 0.0652. The third kappa shape index (κ3) is 3.35. The zero-order chi connectivity index (χ0) is 18.9. The van der Waals surface area contributed by atoms with Gasteiger partial charge < -0.3 is 14.6 Å². The Morgan fingerprint density at radius 1 is 1.22 bits per heavy atom. The van der Waals surface area contributed by atoms with Crippen LogP contribution in [0.1, 0.15) is 35.7 Å². The first-order chi connectivity index (χ1) is 13.1. The molecule has 27 heavy (non-hydrogen) atoms. The molecule has 1 aliphatic heterocycles. The Kier molecular flexibility index (Phi) is 4.70. The highest BCUT2D eigenvalue weighted by Crippen LogP contribution is 2.34. The number of imidazole rings is 1. The average Bonchev–Trinajstić information content (AvgIpc) is 3.11. The van der Waals surface area contributed by atoms with Crippen LogP contribution in [0.4, 0.5) is 0 Å². The van der Waals surface area contributed by atoms with Gasteiger partial charge in [0.15, 0.2) is 0 Å². The number of benzene rings is 2. The van der Waals surface area contributed by atoms with Crippen LogP contribution in [0, 0.1) is 0 Å². The maximum Gasteiger partial charge on any atom is 0.253 e. The van der Waals surface area contributed by atoms with Crippen molar-refractivity contribution in [3.05, 3.63) is 66.0 Å². The van der Waals surface area contributed by atoms with Crippen molar-refractivity contribution in [1.82, 2.24) is 14.5 Å². The highest BCUT2D eigenvalue weighted by molar-refractivity contribution is 5.97. The van der Waals surface area contributed by atoms with Gasteiger partial charge in [0.05, 0.1) is 24.0 Å². The fraction of sp³-hybridized carbons (Fsp3) is 0.364. The number of fused-ring (bicyclic) bond motifs is 1. The molecular formula is C22H25N3O2. The number of carbonyl (C=O) groups is 1. The molecule has 1 N–H and O–H groups in total. The summed E-state index contributed by atoms with van der Waals surface area (Å²) in [5.41, 5.74) is 3.68. The largest absolute Gasteiger partial charge is 0.395 e. The molecule has 0 spiro atoms. The Balaban J connectivity index is 1.58. The topological polar surface area (TPSA) is 58.4 Å². The Bertz CT molecular complexity index is 951. The molecule has 0 aliphatic carbocycles. The van der Waals surface area contributed by atoms with E-state index in [2.05, 4.69) is 36.2 Å². The predicted octanol–water partition coefficient (Wildman–Crippen LogP) is 3.22. The number of piperidine rings is 1. The second kappa shape index (κ2) is 7.16. The summed E-state index contributed by atoms with van der Waals surface area (Å²) in [6, 6.07) is 16.1. The van der Waals surface area contributed by atoms with Gasteiger partial charge in [-0.25, -0.2) is 4.98 Å². The van der Waals surface area contributed by atoms with Gasteiger partial charge >= 0.3 is 0 Å². The van der Waals surface area contributed by atoms with Gasteiger partial charge in [0.2, 0.25) is 0 Å². The van der Waals surface area contributed by atoms with E-state index in [0.717, 1.165) is 37.0 Å². The highest BCUT2D eigenvalue weighted by atomic mass is 16.3.